The lowest BCUT2D eigenvalue weighted by molar-refractivity contribution is -0.135. The van der Waals surface area contributed by atoms with E-state index in [1.54, 1.807) is 6.92 Å². The van der Waals surface area contributed by atoms with E-state index in [0.29, 0.717) is 0 Å². The van der Waals surface area contributed by atoms with Crippen LogP contribution in [-0.4, -0.2) is 35.5 Å². The van der Waals surface area contributed by atoms with Gasteiger partial charge in [-0.25, -0.2) is 4.79 Å². The first-order valence-electron chi connectivity index (χ1n) is 4.06. The minimum absolute atomic E-state index is 0.0761. The van der Waals surface area contributed by atoms with E-state index in [-0.39, 0.29) is 24.2 Å². The monoisotopic (exact) mass is 214 g/mol. The molecule has 1 rings (SSSR count). The quantitative estimate of drug-likeness (QED) is 0.410. The molecule has 1 aromatic rings. The normalized spacial score (nSPS) is 11.2. The lowest BCUT2D eigenvalue weighted by Gasteiger charge is -2.00. The third-order valence-corrected chi connectivity index (χ3v) is 1.30. The number of nitrogens with two attached hydrogens (primary N) is 1. The van der Waals surface area contributed by atoms with Crippen molar-refractivity contribution in [1.29, 1.82) is 0 Å². The highest BCUT2D eigenvalue weighted by molar-refractivity contribution is 6.42. The highest BCUT2D eigenvalue weighted by Gasteiger charge is 2.22. The fourth-order valence-electron chi connectivity index (χ4n) is 0.792. The van der Waals surface area contributed by atoms with Crippen molar-refractivity contribution >= 4 is 17.7 Å². The summed E-state index contributed by atoms with van der Waals surface area (Å²) in [6.07, 6.45) is 0. The van der Waals surface area contributed by atoms with Crippen LogP contribution in [0.5, 0.6) is 0 Å². The van der Waals surface area contributed by atoms with Gasteiger partial charge in [0.2, 0.25) is 11.5 Å². The number of carbonyl (C=O) groups is 1. The van der Waals surface area contributed by atoms with Crippen molar-refractivity contribution < 1.29 is 18.9 Å². The Hall–Kier alpha value is -2.12. The smallest absolute Gasteiger partial charge is 0.364 e. The maximum atomic E-state index is 11.3. The highest BCUT2D eigenvalue weighted by atomic mass is 16.6. The van der Waals surface area contributed by atoms with Gasteiger partial charge in [-0.15, -0.1) is 0 Å². The molecule has 0 unspecified atom stereocenters. The SMILES string of the molecule is CCOC(=O)C(=NOC)c1noc(N)n1. The number of hydrogen-bond donors (Lipinski definition) is 1. The topological polar surface area (TPSA) is 113 Å². The van der Waals surface area contributed by atoms with Crippen LogP contribution < -0.4 is 5.73 Å². The van der Waals surface area contributed by atoms with E-state index >= 15 is 0 Å². The van der Waals surface area contributed by atoms with Gasteiger partial charge in [-0.1, -0.05) is 10.3 Å². The average molecular weight is 214 g/mol. The largest absolute Gasteiger partial charge is 0.461 e. The zero-order valence-electron chi connectivity index (χ0n) is 8.26. The molecule has 0 saturated carbocycles. The van der Waals surface area contributed by atoms with Crippen LogP contribution in [-0.2, 0) is 14.4 Å². The third kappa shape index (κ3) is 2.66. The van der Waals surface area contributed by atoms with Gasteiger partial charge < -0.3 is 19.8 Å². The van der Waals surface area contributed by atoms with E-state index < -0.39 is 5.97 Å². The zero-order valence-corrected chi connectivity index (χ0v) is 8.26. The zero-order chi connectivity index (χ0) is 11.3. The second-order valence-corrected chi connectivity index (χ2v) is 2.30. The standard InChI is InChI=1S/C7H10N4O4/c1-3-14-6(12)4(10-13-2)5-9-7(8)15-11-5/h3H2,1-2H3,(H2,8,9,11). The summed E-state index contributed by atoms with van der Waals surface area (Å²) in [5, 5.41) is 6.84. The first-order valence-corrected chi connectivity index (χ1v) is 4.06. The van der Waals surface area contributed by atoms with Crippen LogP contribution in [0.1, 0.15) is 12.7 Å². The number of esters is 1. The predicted molar refractivity (Wildman–Crippen MR) is 48.9 cm³/mol. The number of nitrogen functional groups attached to an aromatic ring is 1. The Morgan fingerprint density at radius 1 is 1.67 bits per heavy atom. The number of carbonyl (C=O) groups excluding carboxylic acids is 1. The van der Waals surface area contributed by atoms with Gasteiger partial charge in [0.05, 0.1) is 6.61 Å². The molecule has 0 atom stereocenters. The van der Waals surface area contributed by atoms with Gasteiger partial charge in [-0.2, -0.15) is 4.98 Å². The molecule has 8 nitrogen and oxygen atoms in total. The average Bonchev–Trinajstić information content (AvgIpc) is 2.61. The van der Waals surface area contributed by atoms with Crippen molar-refractivity contribution in [3.63, 3.8) is 0 Å². The molecule has 8 heteroatoms. The minimum atomic E-state index is -0.708. The Morgan fingerprint density at radius 2 is 2.40 bits per heavy atom. The number of nitrogens with zero attached hydrogens (tertiary/aromatic N) is 3. The summed E-state index contributed by atoms with van der Waals surface area (Å²) in [5.41, 5.74) is 5.00. The molecule has 0 bridgehead atoms. The summed E-state index contributed by atoms with van der Waals surface area (Å²) >= 11 is 0. The van der Waals surface area contributed by atoms with Crippen molar-refractivity contribution in [2.45, 2.75) is 6.92 Å². The lowest BCUT2D eigenvalue weighted by atomic mass is 10.3. The Bertz CT molecular complexity index is 373. The second-order valence-electron chi connectivity index (χ2n) is 2.30. The van der Waals surface area contributed by atoms with Crippen LogP contribution in [0.2, 0.25) is 0 Å². The van der Waals surface area contributed by atoms with Gasteiger partial charge in [0.25, 0.3) is 0 Å². The van der Waals surface area contributed by atoms with Crippen LogP contribution in [0.3, 0.4) is 0 Å². The van der Waals surface area contributed by atoms with Gasteiger partial charge in [-0.05, 0) is 6.92 Å². The van der Waals surface area contributed by atoms with Gasteiger partial charge in [0.15, 0.2) is 0 Å². The summed E-state index contributed by atoms with van der Waals surface area (Å²) in [4.78, 5) is 19.4. The summed E-state index contributed by atoms with van der Waals surface area (Å²) < 4.78 is 9.20. The Morgan fingerprint density at radius 3 is 2.87 bits per heavy atom. The number of hydrogen-bond acceptors (Lipinski definition) is 8. The van der Waals surface area contributed by atoms with Crippen LogP contribution in [0.25, 0.3) is 0 Å². The molecule has 0 aliphatic heterocycles. The molecule has 0 aliphatic carbocycles. The molecule has 0 radical (unpaired) electrons. The predicted octanol–water partition coefficient (Wildman–Crippen LogP) is -0.435. The van der Waals surface area contributed by atoms with Crippen molar-refractivity contribution in [3.05, 3.63) is 5.82 Å². The molecule has 0 aliphatic rings. The van der Waals surface area contributed by atoms with Gasteiger partial charge in [0.1, 0.15) is 7.11 Å². The Labute approximate surface area is 85.0 Å². The second kappa shape index (κ2) is 4.94. The molecule has 0 saturated heterocycles. The van der Waals surface area contributed by atoms with Gasteiger partial charge >= 0.3 is 12.0 Å². The first-order chi connectivity index (χ1) is 7.19. The van der Waals surface area contributed by atoms with Crippen molar-refractivity contribution in [1.82, 2.24) is 10.1 Å². The molecule has 82 valence electrons. The third-order valence-electron chi connectivity index (χ3n) is 1.30. The van der Waals surface area contributed by atoms with E-state index in [4.69, 9.17) is 10.5 Å². The number of oxime groups is 1. The maximum absolute atomic E-state index is 11.3. The van der Waals surface area contributed by atoms with E-state index in [1.807, 2.05) is 0 Å². The van der Waals surface area contributed by atoms with Crippen LogP contribution in [0, 0.1) is 0 Å². The summed E-state index contributed by atoms with van der Waals surface area (Å²) in [7, 11) is 1.28. The Kier molecular flexibility index (Phi) is 3.61. The molecule has 1 heterocycles. The van der Waals surface area contributed by atoms with E-state index in [9.17, 15) is 4.79 Å². The maximum Gasteiger partial charge on any atom is 0.364 e. The number of ether oxygens (including phenoxy) is 1. The number of rotatable bonds is 4. The highest BCUT2D eigenvalue weighted by Crippen LogP contribution is 2.02. The fraction of sp³-hybridized carbons (Fsp3) is 0.429. The first kappa shape index (κ1) is 11.0. The Balaban J connectivity index is 2.93. The van der Waals surface area contributed by atoms with Crippen molar-refractivity contribution in [2.24, 2.45) is 5.16 Å². The molecule has 0 aromatic carbocycles. The molecule has 2 N–H and O–H groups in total. The van der Waals surface area contributed by atoms with E-state index in [2.05, 4.69) is 24.7 Å². The summed E-state index contributed by atoms with van der Waals surface area (Å²) in [5.74, 6) is -0.784. The minimum Gasteiger partial charge on any atom is -0.461 e. The van der Waals surface area contributed by atoms with Crippen LogP contribution in [0.4, 0.5) is 6.01 Å². The molecular weight excluding hydrogens is 204 g/mol. The molecule has 0 amide bonds. The summed E-state index contributed by atoms with van der Waals surface area (Å²) in [6, 6.07) is -0.168. The molecule has 0 fully saturated rings. The molecule has 15 heavy (non-hydrogen) atoms. The van der Waals surface area contributed by atoms with Gasteiger partial charge in [0, 0.05) is 0 Å². The lowest BCUT2D eigenvalue weighted by Crippen LogP contribution is -2.20. The van der Waals surface area contributed by atoms with Crippen molar-refractivity contribution in [3.8, 4) is 0 Å². The van der Waals surface area contributed by atoms with Gasteiger partial charge in [-0.3, -0.25) is 0 Å². The van der Waals surface area contributed by atoms with E-state index in [1.165, 1.54) is 7.11 Å². The van der Waals surface area contributed by atoms with Crippen molar-refractivity contribution in [2.75, 3.05) is 19.5 Å². The van der Waals surface area contributed by atoms with E-state index in [0.717, 1.165) is 0 Å². The fourth-order valence-corrected chi connectivity index (χ4v) is 0.792. The molecule has 1 aromatic heterocycles. The van der Waals surface area contributed by atoms with Crippen LogP contribution in [0.15, 0.2) is 9.68 Å². The summed E-state index contributed by atoms with van der Waals surface area (Å²) in [6.45, 7) is 1.86. The molecule has 0 spiro atoms. The number of aromatic nitrogens is 2. The number of anilines is 1. The van der Waals surface area contributed by atoms with Crippen LogP contribution >= 0.6 is 0 Å². The molecular formula is C7H10N4O4.